The molecule has 0 radical (unpaired) electrons. The van der Waals surface area contributed by atoms with Gasteiger partial charge in [0, 0.05) is 12.8 Å². The molecule has 1 aromatic heterocycles. The first-order valence-electron chi connectivity index (χ1n) is 8.88. The van der Waals surface area contributed by atoms with Crippen LogP contribution in [0.2, 0.25) is 0 Å². The molecule has 0 bridgehead atoms. The van der Waals surface area contributed by atoms with Crippen molar-refractivity contribution >= 4 is 11.6 Å². The Balaban J connectivity index is 1.72. The Morgan fingerprint density at radius 2 is 1.81 bits per heavy atom. The number of anilines is 1. The number of methoxy groups -OCH3 is 1. The summed E-state index contributed by atoms with van der Waals surface area (Å²) in [5.41, 5.74) is 3.08. The van der Waals surface area contributed by atoms with Crippen LogP contribution in [-0.2, 0) is 11.2 Å². The molecule has 0 saturated carbocycles. The number of carbonyl (C=O) groups is 1. The highest BCUT2D eigenvalue weighted by Crippen LogP contribution is 2.19. The average molecular weight is 365 g/mol. The zero-order chi connectivity index (χ0) is 19.1. The highest BCUT2D eigenvalue weighted by Gasteiger charge is 2.17. The molecule has 3 aromatic rings. The third kappa shape index (κ3) is 4.54. The van der Waals surface area contributed by atoms with Crippen LogP contribution in [0.4, 0.5) is 5.69 Å². The Morgan fingerprint density at radius 1 is 1.07 bits per heavy atom. The van der Waals surface area contributed by atoms with Crippen LogP contribution in [0, 0.1) is 0 Å². The number of amides is 1. The van der Waals surface area contributed by atoms with E-state index in [1.165, 1.54) is 0 Å². The highest BCUT2D eigenvalue weighted by atomic mass is 16.5. The van der Waals surface area contributed by atoms with Gasteiger partial charge in [0.15, 0.2) is 0 Å². The maximum atomic E-state index is 12.7. The van der Waals surface area contributed by atoms with E-state index in [1.807, 2.05) is 66.2 Å². The number of nitrogens with one attached hydrogen (secondary N) is 1. The number of carbonyl (C=O) groups excluding carboxylic acids is 1. The summed E-state index contributed by atoms with van der Waals surface area (Å²) in [7, 11) is 1.63. The molecule has 0 aliphatic rings. The summed E-state index contributed by atoms with van der Waals surface area (Å²) in [6.45, 7) is 3.03. The predicted molar refractivity (Wildman–Crippen MR) is 105 cm³/mol. The largest absolute Gasteiger partial charge is 0.491 e. The molecule has 1 heterocycles. The number of ether oxygens (including phenoxy) is 2. The second kappa shape index (κ2) is 9.00. The third-order valence-corrected chi connectivity index (χ3v) is 4.12. The number of benzene rings is 2. The number of para-hydroxylation sites is 1. The van der Waals surface area contributed by atoms with Crippen LogP contribution in [0.5, 0.6) is 5.75 Å². The molecule has 0 unspecified atom stereocenters. The van der Waals surface area contributed by atoms with Crippen molar-refractivity contribution in [3.05, 3.63) is 72.1 Å². The Labute approximate surface area is 158 Å². The molecule has 0 spiro atoms. The van der Waals surface area contributed by atoms with Crippen LogP contribution in [0.1, 0.15) is 23.0 Å². The fourth-order valence-electron chi connectivity index (χ4n) is 2.77. The molecule has 2 aromatic carbocycles. The van der Waals surface area contributed by atoms with Crippen LogP contribution < -0.4 is 10.1 Å². The van der Waals surface area contributed by atoms with E-state index >= 15 is 0 Å². The smallest absolute Gasteiger partial charge is 0.259 e. The summed E-state index contributed by atoms with van der Waals surface area (Å²) in [5, 5.41) is 7.32. The Hall–Kier alpha value is -3.12. The molecule has 6 heteroatoms. The lowest BCUT2D eigenvalue weighted by Crippen LogP contribution is -2.14. The van der Waals surface area contributed by atoms with Crippen molar-refractivity contribution in [3.8, 4) is 11.4 Å². The van der Waals surface area contributed by atoms with Crippen molar-refractivity contribution in [2.24, 2.45) is 0 Å². The first-order valence-corrected chi connectivity index (χ1v) is 8.88. The lowest BCUT2D eigenvalue weighted by Gasteiger charge is -2.09. The van der Waals surface area contributed by atoms with Crippen molar-refractivity contribution in [2.45, 2.75) is 13.3 Å². The highest BCUT2D eigenvalue weighted by molar-refractivity contribution is 6.05. The molecule has 0 aliphatic carbocycles. The summed E-state index contributed by atoms with van der Waals surface area (Å²) in [6.07, 6.45) is 2.31. The number of hydrogen-bond acceptors (Lipinski definition) is 4. The van der Waals surface area contributed by atoms with Crippen LogP contribution in [0.25, 0.3) is 5.69 Å². The fraction of sp³-hybridized carbons (Fsp3) is 0.238. The van der Waals surface area contributed by atoms with Gasteiger partial charge in [0.1, 0.15) is 12.4 Å². The first kappa shape index (κ1) is 18.7. The van der Waals surface area contributed by atoms with Crippen molar-refractivity contribution in [1.29, 1.82) is 0 Å². The van der Waals surface area contributed by atoms with E-state index in [1.54, 1.807) is 13.3 Å². The number of aromatic nitrogens is 2. The minimum Gasteiger partial charge on any atom is -0.491 e. The second-order valence-corrected chi connectivity index (χ2v) is 5.93. The average Bonchev–Trinajstić information content (AvgIpc) is 3.14. The van der Waals surface area contributed by atoms with Gasteiger partial charge in [-0.15, -0.1) is 0 Å². The van der Waals surface area contributed by atoms with E-state index in [-0.39, 0.29) is 5.91 Å². The molecule has 27 heavy (non-hydrogen) atoms. The van der Waals surface area contributed by atoms with E-state index < -0.39 is 0 Å². The molecule has 0 aliphatic heterocycles. The van der Waals surface area contributed by atoms with E-state index in [4.69, 9.17) is 9.47 Å². The van der Waals surface area contributed by atoms with Gasteiger partial charge in [-0.1, -0.05) is 25.1 Å². The van der Waals surface area contributed by atoms with Crippen molar-refractivity contribution in [3.63, 3.8) is 0 Å². The molecule has 6 nitrogen and oxygen atoms in total. The van der Waals surface area contributed by atoms with Gasteiger partial charge in [-0.05, 0) is 42.8 Å². The van der Waals surface area contributed by atoms with Crippen molar-refractivity contribution in [2.75, 3.05) is 25.6 Å². The van der Waals surface area contributed by atoms with E-state index in [0.717, 1.165) is 17.1 Å². The van der Waals surface area contributed by atoms with Gasteiger partial charge in [-0.2, -0.15) is 5.10 Å². The molecule has 140 valence electrons. The Bertz CT molecular complexity index is 873. The number of rotatable bonds is 8. The SMILES string of the molecule is CCc1c(C(=O)Nc2ccc(OCCOC)cc2)cnn1-c1ccccc1. The lowest BCUT2D eigenvalue weighted by molar-refractivity contribution is 0.102. The predicted octanol–water partition coefficient (Wildman–Crippen LogP) is 3.71. The Morgan fingerprint density at radius 3 is 2.48 bits per heavy atom. The molecular weight excluding hydrogens is 342 g/mol. The third-order valence-electron chi connectivity index (χ3n) is 4.12. The van der Waals surface area contributed by atoms with Gasteiger partial charge in [-0.25, -0.2) is 4.68 Å². The molecule has 0 fully saturated rings. The van der Waals surface area contributed by atoms with Crippen LogP contribution in [0.15, 0.2) is 60.8 Å². The van der Waals surface area contributed by atoms with Gasteiger partial charge in [0.05, 0.1) is 29.7 Å². The molecule has 0 saturated heterocycles. The molecule has 3 rings (SSSR count). The van der Waals surface area contributed by atoms with E-state index in [0.29, 0.717) is 30.9 Å². The van der Waals surface area contributed by atoms with Gasteiger partial charge in [0.25, 0.3) is 5.91 Å². The zero-order valence-electron chi connectivity index (χ0n) is 15.5. The van der Waals surface area contributed by atoms with Gasteiger partial charge in [0.2, 0.25) is 0 Å². The Kier molecular flexibility index (Phi) is 6.22. The number of hydrogen-bond donors (Lipinski definition) is 1. The van der Waals surface area contributed by atoms with Crippen molar-refractivity contribution in [1.82, 2.24) is 9.78 Å². The zero-order valence-corrected chi connectivity index (χ0v) is 15.5. The quantitative estimate of drug-likeness (QED) is 0.618. The fourth-order valence-corrected chi connectivity index (χ4v) is 2.77. The molecule has 0 atom stereocenters. The summed E-state index contributed by atoms with van der Waals surface area (Å²) >= 11 is 0. The normalized spacial score (nSPS) is 10.6. The minimum absolute atomic E-state index is 0.179. The maximum absolute atomic E-state index is 12.7. The standard InChI is InChI=1S/C21H23N3O3/c1-3-20-19(15-22-24(20)17-7-5-4-6-8-17)21(25)23-16-9-11-18(12-10-16)27-14-13-26-2/h4-12,15H,3,13-14H2,1-2H3,(H,23,25). The number of nitrogens with zero attached hydrogens (tertiary/aromatic N) is 2. The van der Waals surface area contributed by atoms with E-state index in [2.05, 4.69) is 10.4 Å². The van der Waals surface area contributed by atoms with Gasteiger partial charge in [-0.3, -0.25) is 4.79 Å². The monoisotopic (exact) mass is 365 g/mol. The summed E-state index contributed by atoms with van der Waals surface area (Å²) in [4.78, 5) is 12.7. The first-order chi connectivity index (χ1) is 13.2. The second-order valence-electron chi connectivity index (χ2n) is 5.93. The van der Waals surface area contributed by atoms with E-state index in [9.17, 15) is 4.79 Å². The molecular formula is C21H23N3O3. The summed E-state index contributed by atoms with van der Waals surface area (Å²) in [5.74, 6) is 0.554. The van der Waals surface area contributed by atoms with Crippen LogP contribution in [-0.4, -0.2) is 36.0 Å². The topological polar surface area (TPSA) is 65.4 Å². The minimum atomic E-state index is -0.179. The van der Waals surface area contributed by atoms with Crippen LogP contribution in [0.3, 0.4) is 0 Å². The van der Waals surface area contributed by atoms with Crippen LogP contribution >= 0.6 is 0 Å². The van der Waals surface area contributed by atoms with Gasteiger partial charge < -0.3 is 14.8 Å². The van der Waals surface area contributed by atoms with Crippen molar-refractivity contribution < 1.29 is 14.3 Å². The summed E-state index contributed by atoms with van der Waals surface area (Å²) < 4.78 is 12.3. The summed E-state index contributed by atoms with van der Waals surface area (Å²) in [6, 6.07) is 17.1. The molecule has 1 N–H and O–H groups in total. The maximum Gasteiger partial charge on any atom is 0.259 e. The lowest BCUT2D eigenvalue weighted by atomic mass is 10.2. The molecule has 1 amide bonds. The van der Waals surface area contributed by atoms with Gasteiger partial charge >= 0.3 is 0 Å².